The van der Waals surface area contributed by atoms with Gasteiger partial charge in [-0.05, 0) is 18.2 Å². The van der Waals surface area contributed by atoms with Gasteiger partial charge >= 0.3 is 0 Å². The summed E-state index contributed by atoms with van der Waals surface area (Å²) < 4.78 is 5.07. The average Bonchev–Trinajstić information content (AvgIpc) is 2.84. The van der Waals surface area contributed by atoms with Crippen LogP contribution in [0.2, 0.25) is 5.02 Å². The summed E-state index contributed by atoms with van der Waals surface area (Å²) in [5, 5.41) is 0.503. The lowest BCUT2D eigenvalue weighted by Crippen LogP contribution is -1.92. The fraction of sp³-hybridized carbons (Fsp3) is 0.0769. The van der Waals surface area contributed by atoms with Gasteiger partial charge in [-0.1, -0.05) is 17.7 Å². The summed E-state index contributed by atoms with van der Waals surface area (Å²) in [4.78, 5) is 11.8. The number of para-hydroxylation sites is 1. The number of halogens is 1. The first-order valence-electron chi connectivity index (χ1n) is 5.64. The molecule has 0 aliphatic heterocycles. The van der Waals surface area contributed by atoms with Gasteiger partial charge in [0, 0.05) is 11.6 Å². The molecule has 5 nitrogen and oxygen atoms in total. The molecule has 0 saturated carbocycles. The molecule has 0 fully saturated rings. The molecule has 0 bridgehead atoms. The molecule has 3 aromatic rings. The summed E-state index contributed by atoms with van der Waals surface area (Å²) in [7, 11) is 1.57. The van der Waals surface area contributed by atoms with Gasteiger partial charge in [-0.2, -0.15) is 4.98 Å². The maximum atomic E-state index is 6.01. The van der Waals surface area contributed by atoms with Crippen LogP contribution in [0.25, 0.3) is 22.6 Å². The lowest BCUT2D eigenvalue weighted by Gasteiger charge is -2.03. The quantitative estimate of drug-likeness (QED) is 0.705. The average molecular weight is 275 g/mol. The van der Waals surface area contributed by atoms with E-state index in [4.69, 9.17) is 22.1 Å². The molecule has 2 heterocycles. The zero-order valence-electron chi connectivity index (χ0n) is 10.1. The van der Waals surface area contributed by atoms with Crippen molar-refractivity contribution in [3.63, 3.8) is 0 Å². The summed E-state index contributed by atoms with van der Waals surface area (Å²) in [5.74, 6) is 1.15. The predicted octanol–water partition coefficient (Wildman–Crippen LogP) is 2.87. The zero-order valence-corrected chi connectivity index (χ0v) is 10.9. The Kier molecular flexibility index (Phi) is 2.76. The molecule has 1 aromatic carbocycles. The van der Waals surface area contributed by atoms with E-state index in [9.17, 15) is 0 Å². The van der Waals surface area contributed by atoms with Gasteiger partial charge in [-0.15, -0.1) is 0 Å². The van der Waals surface area contributed by atoms with Gasteiger partial charge < -0.3 is 15.5 Å². The minimum absolute atomic E-state index is 0.496. The van der Waals surface area contributed by atoms with Gasteiger partial charge in [0.25, 0.3) is 0 Å². The molecule has 0 radical (unpaired) electrons. The van der Waals surface area contributed by atoms with Gasteiger partial charge in [0.2, 0.25) is 5.88 Å². The third kappa shape index (κ3) is 1.98. The molecule has 0 saturated heterocycles. The van der Waals surface area contributed by atoms with E-state index in [0.717, 1.165) is 11.1 Å². The van der Waals surface area contributed by atoms with E-state index >= 15 is 0 Å². The van der Waals surface area contributed by atoms with E-state index in [1.807, 2.05) is 18.2 Å². The number of methoxy groups -OCH3 is 1. The normalized spacial score (nSPS) is 10.8. The van der Waals surface area contributed by atoms with Crippen LogP contribution in [0.5, 0.6) is 5.88 Å². The van der Waals surface area contributed by atoms with Crippen molar-refractivity contribution in [2.24, 2.45) is 0 Å². The maximum absolute atomic E-state index is 6.01. The third-order valence-electron chi connectivity index (χ3n) is 2.84. The number of nitrogen functional groups attached to an aromatic ring is 1. The van der Waals surface area contributed by atoms with Gasteiger partial charge in [0.05, 0.1) is 23.3 Å². The third-order valence-corrected chi connectivity index (χ3v) is 3.17. The van der Waals surface area contributed by atoms with E-state index in [-0.39, 0.29) is 0 Å². The summed E-state index contributed by atoms with van der Waals surface area (Å²) >= 11 is 6.01. The molecule has 0 atom stereocenters. The number of nitrogens with zero attached hydrogens (tertiary/aromatic N) is 2. The van der Waals surface area contributed by atoms with E-state index in [2.05, 4.69) is 15.0 Å². The Hall–Kier alpha value is -2.27. The number of anilines is 1. The van der Waals surface area contributed by atoms with Crippen molar-refractivity contribution in [2.45, 2.75) is 0 Å². The van der Waals surface area contributed by atoms with Crippen molar-refractivity contribution in [3.8, 4) is 17.3 Å². The number of ether oxygens (including phenoxy) is 1. The van der Waals surface area contributed by atoms with E-state index in [0.29, 0.717) is 28.1 Å². The topological polar surface area (TPSA) is 76.8 Å². The lowest BCUT2D eigenvalue weighted by atomic mass is 10.2. The van der Waals surface area contributed by atoms with Crippen LogP contribution < -0.4 is 10.5 Å². The number of benzene rings is 1. The van der Waals surface area contributed by atoms with Crippen molar-refractivity contribution in [2.75, 3.05) is 12.8 Å². The Bertz CT molecular complexity index is 753. The number of nitrogens with two attached hydrogens (primary N) is 1. The first kappa shape index (κ1) is 11.8. The van der Waals surface area contributed by atoms with Crippen LogP contribution in [0.3, 0.4) is 0 Å². The van der Waals surface area contributed by atoms with Gasteiger partial charge in [-0.3, -0.25) is 0 Å². The first-order valence-corrected chi connectivity index (χ1v) is 6.02. The molecule has 0 unspecified atom stereocenters. The number of fused-ring (bicyclic) bond motifs is 1. The summed E-state index contributed by atoms with van der Waals surface area (Å²) in [6, 6.07) is 9.06. The van der Waals surface area contributed by atoms with Gasteiger partial charge in [0.1, 0.15) is 5.82 Å². The van der Waals surface area contributed by atoms with Gasteiger partial charge in [-0.25, -0.2) is 4.98 Å². The predicted molar refractivity (Wildman–Crippen MR) is 75.3 cm³/mol. The van der Waals surface area contributed by atoms with E-state index < -0.39 is 0 Å². The number of imidazole rings is 1. The SMILES string of the molecule is COc1ccc2[nH]c(-c3cccc(Cl)c3N)nc2n1. The molecule has 0 aliphatic rings. The van der Waals surface area contributed by atoms with E-state index in [1.54, 1.807) is 19.2 Å². The highest BCUT2D eigenvalue weighted by Crippen LogP contribution is 2.30. The molecule has 2 aromatic heterocycles. The van der Waals surface area contributed by atoms with Crippen LogP contribution in [0, 0.1) is 0 Å². The number of H-pyrrole nitrogens is 1. The summed E-state index contributed by atoms with van der Waals surface area (Å²) in [6.45, 7) is 0. The second-order valence-electron chi connectivity index (χ2n) is 4.01. The molecule has 3 N–H and O–H groups in total. The zero-order chi connectivity index (χ0) is 13.4. The molecule has 3 rings (SSSR count). The second kappa shape index (κ2) is 4.44. The fourth-order valence-electron chi connectivity index (χ4n) is 1.86. The van der Waals surface area contributed by atoms with Gasteiger partial charge in [0.15, 0.2) is 5.65 Å². The van der Waals surface area contributed by atoms with Crippen LogP contribution >= 0.6 is 11.6 Å². The van der Waals surface area contributed by atoms with E-state index in [1.165, 1.54) is 0 Å². The number of nitrogens with one attached hydrogen (secondary N) is 1. The Morgan fingerprint density at radius 3 is 2.84 bits per heavy atom. The highest BCUT2D eigenvalue weighted by Gasteiger charge is 2.11. The maximum Gasteiger partial charge on any atom is 0.215 e. The van der Waals surface area contributed by atoms with Crippen LogP contribution in [0.1, 0.15) is 0 Å². The molecule has 6 heteroatoms. The lowest BCUT2D eigenvalue weighted by molar-refractivity contribution is 0.399. The highest BCUT2D eigenvalue weighted by molar-refractivity contribution is 6.33. The molecule has 19 heavy (non-hydrogen) atoms. The monoisotopic (exact) mass is 274 g/mol. The van der Waals surface area contributed by atoms with Crippen molar-refractivity contribution in [3.05, 3.63) is 35.4 Å². The Morgan fingerprint density at radius 1 is 1.21 bits per heavy atom. The fourth-order valence-corrected chi connectivity index (χ4v) is 2.03. The summed E-state index contributed by atoms with van der Waals surface area (Å²) in [5.41, 5.74) is 8.60. The molecule has 0 amide bonds. The second-order valence-corrected chi connectivity index (χ2v) is 4.42. The molecule has 0 spiro atoms. The molecule has 0 aliphatic carbocycles. The Balaban J connectivity index is 2.18. The number of hydrogen-bond donors (Lipinski definition) is 2. The number of aromatic nitrogens is 3. The standard InChI is InChI=1S/C13H11ClN4O/c1-19-10-6-5-9-13(17-10)18-12(16-9)7-3-2-4-8(14)11(7)15/h2-6H,15H2,1H3,(H,16,17,18). The van der Waals surface area contributed by atoms with Crippen LogP contribution in [-0.4, -0.2) is 22.1 Å². The number of aromatic amines is 1. The smallest absolute Gasteiger partial charge is 0.215 e. The number of hydrogen-bond acceptors (Lipinski definition) is 4. The van der Waals surface area contributed by atoms with Crippen LogP contribution in [-0.2, 0) is 0 Å². The van der Waals surface area contributed by atoms with Crippen molar-refractivity contribution in [1.29, 1.82) is 0 Å². The van der Waals surface area contributed by atoms with Crippen molar-refractivity contribution in [1.82, 2.24) is 15.0 Å². The minimum atomic E-state index is 0.496. The number of pyridine rings is 1. The number of rotatable bonds is 2. The van der Waals surface area contributed by atoms with Crippen LogP contribution in [0.4, 0.5) is 5.69 Å². The largest absolute Gasteiger partial charge is 0.481 e. The van der Waals surface area contributed by atoms with Crippen molar-refractivity contribution >= 4 is 28.5 Å². The summed E-state index contributed by atoms with van der Waals surface area (Å²) in [6.07, 6.45) is 0. The molecular formula is C13H11ClN4O. The Morgan fingerprint density at radius 2 is 2.05 bits per heavy atom. The highest BCUT2D eigenvalue weighted by atomic mass is 35.5. The first-order chi connectivity index (χ1) is 9.19. The molecular weight excluding hydrogens is 264 g/mol. The minimum Gasteiger partial charge on any atom is -0.481 e. The Labute approximate surface area is 114 Å². The molecule has 96 valence electrons. The van der Waals surface area contributed by atoms with Crippen LogP contribution in [0.15, 0.2) is 30.3 Å². The van der Waals surface area contributed by atoms with Crippen molar-refractivity contribution < 1.29 is 4.74 Å².